The fourth-order valence-corrected chi connectivity index (χ4v) is 0.213. The Balaban J connectivity index is 0. The van der Waals surface area contributed by atoms with Crippen LogP contribution in [0.3, 0.4) is 0 Å². The fourth-order valence-electron chi connectivity index (χ4n) is 0.213. The van der Waals surface area contributed by atoms with Gasteiger partial charge >= 0.3 is 0 Å². The van der Waals surface area contributed by atoms with E-state index in [1.807, 2.05) is 0 Å². The average molecular weight is 142 g/mol. The van der Waals surface area contributed by atoms with Gasteiger partial charge in [0.1, 0.15) is 0 Å². The third kappa shape index (κ3) is 5.69. The zero-order valence-corrected chi connectivity index (χ0v) is 5.43. The van der Waals surface area contributed by atoms with E-state index in [0.29, 0.717) is 6.61 Å². The van der Waals surface area contributed by atoms with Gasteiger partial charge in [-0.25, -0.2) is 4.39 Å². The van der Waals surface area contributed by atoms with Crippen molar-refractivity contribution in [3.8, 4) is 0 Å². The van der Waals surface area contributed by atoms with Crippen LogP contribution in [-0.4, -0.2) is 19.2 Å². The van der Waals surface area contributed by atoms with Crippen molar-refractivity contribution in [2.75, 3.05) is 13.3 Å². The molecule has 0 radical (unpaired) electrons. The molecule has 8 heavy (non-hydrogen) atoms. The van der Waals surface area contributed by atoms with Gasteiger partial charge in [-0.15, -0.1) is 12.4 Å². The number of rotatable bonds is 2. The van der Waals surface area contributed by atoms with E-state index in [1.165, 1.54) is 0 Å². The second kappa shape index (κ2) is 6.69. The summed E-state index contributed by atoms with van der Waals surface area (Å²) in [5, 5.41) is 6.54. The summed E-state index contributed by atoms with van der Waals surface area (Å²) in [6, 6.07) is 0. The minimum absolute atomic E-state index is 0. The van der Waals surface area contributed by atoms with Crippen molar-refractivity contribution in [1.82, 2.24) is 0 Å². The minimum atomic E-state index is -0.798. The SMILES string of the molecule is CCOC(=N)CF.Cl. The van der Waals surface area contributed by atoms with Gasteiger partial charge in [-0.3, -0.25) is 5.41 Å². The van der Waals surface area contributed by atoms with Crippen molar-refractivity contribution in [2.45, 2.75) is 6.92 Å². The highest BCUT2D eigenvalue weighted by Gasteiger charge is 1.88. The molecule has 0 bridgehead atoms. The molecule has 0 aliphatic heterocycles. The third-order valence-corrected chi connectivity index (χ3v) is 0.440. The summed E-state index contributed by atoms with van der Waals surface area (Å²) in [5.74, 6) is -0.289. The Morgan fingerprint density at radius 1 is 1.75 bits per heavy atom. The first-order valence-corrected chi connectivity index (χ1v) is 2.07. The van der Waals surface area contributed by atoms with Crippen LogP contribution in [0, 0.1) is 5.41 Å². The lowest BCUT2D eigenvalue weighted by atomic mass is 10.7. The van der Waals surface area contributed by atoms with E-state index in [0.717, 1.165) is 0 Å². The Morgan fingerprint density at radius 3 is 2.38 bits per heavy atom. The molecule has 0 atom stereocenters. The summed E-state index contributed by atoms with van der Waals surface area (Å²) in [5.41, 5.74) is 0. The Hall–Kier alpha value is -0.310. The number of hydrogen-bond donors (Lipinski definition) is 1. The first kappa shape index (κ1) is 10.6. The predicted octanol–water partition coefficient (Wildman–Crippen LogP) is 1.39. The van der Waals surface area contributed by atoms with Gasteiger partial charge in [0.05, 0.1) is 6.61 Å². The molecule has 0 aliphatic carbocycles. The van der Waals surface area contributed by atoms with Crippen LogP contribution in [0.15, 0.2) is 0 Å². The van der Waals surface area contributed by atoms with Crippen molar-refractivity contribution in [2.24, 2.45) is 0 Å². The number of nitrogens with one attached hydrogen (secondary N) is 1. The molecule has 0 aromatic heterocycles. The van der Waals surface area contributed by atoms with Crippen molar-refractivity contribution < 1.29 is 9.13 Å². The van der Waals surface area contributed by atoms with E-state index in [-0.39, 0.29) is 18.3 Å². The molecule has 0 fully saturated rings. The van der Waals surface area contributed by atoms with Crippen LogP contribution in [0.4, 0.5) is 4.39 Å². The number of hydrogen-bond acceptors (Lipinski definition) is 2. The van der Waals surface area contributed by atoms with Crippen molar-refractivity contribution >= 4 is 18.3 Å². The summed E-state index contributed by atoms with van der Waals surface area (Å²) < 4.78 is 15.6. The van der Waals surface area contributed by atoms with E-state index in [2.05, 4.69) is 4.74 Å². The number of ether oxygens (including phenoxy) is 1. The molecular formula is C4H9ClFNO. The maximum absolute atomic E-state index is 11.2. The second-order valence-corrected chi connectivity index (χ2v) is 0.990. The first-order chi connectivity index (χ1) is 3.31. The summed E-state index contributed by atoms with van der Waals surface area (Å²) >= 11 is 0. The topological polar surface area (TPSA) is 33.1 Å². The van der Waals surface area contributed by atoms with Crippen LogP contribution in [0.2, 0.25) is 0 Å². The highest BCUT2D eigenvalue weighted by atomic mass is 35.5. The van der Waals surface area contributed by atoms with Crippen LogP contribution in [-0.2, 0) is 4.74 Å². The molecule has 4 heteroatoms. The fraction of sp³-hybridized carbons (Fsp3) is 0.750. The van der Waals surface area contributed by atoms with Gasteiger partial charge in [0.15, 0.2) is 6.67 Å². The van der Waals surface area contributed by atoms with Gasteiger partial charge in [0.25, 0.3) is 0 Å². The molecule has 0 saturated heterocycles. The summed E-state index contributed by atoms with van der Waals surface area (Å²) in [6.45, 7) is 1.29. The molecule has 0 unspecified atom stereocenters. The van der Waals surface area contributed by atoms with Gasteiger partial charge in [0, 0.05) is 0 Å². The zero-order valence-electron chi connectivity index (χ0n) is 4.61. The molecule has 1 N–H and O–H groups in total. The highest BCUT2D eigenvalue weighted by Crippen LogP contribution is 1.76. The molecule has 0 heterocycles. The van der Waals surface area contributed by atoms with Crippen LogP contribution in [0.1, 0.15) is 6.92 Å². The van der Waals surface area contributed by atoms with Crippen LogP contribution < -0.4 is 0 Å². The monoisotopic (exact) mass is 141 g/mol. The number of alkyl halides is 1. The summed E-state index contributed by atoms with van der Waals surface area (Å²) in [6.07, 6.45) is 0. The molecule has 0 rings (SSSR count). The molecule has 2 nitrogen and oxygen atoms in total. The third-order valence-electron chi connectivity index (χ3n) is 0.440. The Kier molecular flexibility index (Phi) is 8.89. The zero-order chi connectivity index (χ0) is 5.70. The smallest absolute Gasteiger partial charge is 0.212 e. The maximum Gasteiger partial charge on any atom is 0.212 e. The largest absolute Gasteiger partial charge is 0.480 e. The predicted molar refractivity (Wildman–Crippen MR) is 32.6 cm³/mol. The Bertz CT molecular complexity index is 69.1. The second-order valence-electron chi connectivity index (χ2n) is 0.990. The van der Waals surface area contributed by atoms with E-state index in [9.17, 15) is 4.39 Å². The van der Waals surface area contributed by atoms with E-state index >= 15 is 0 Å². The minimum Gasteiger partial charge on any atom is -0.480 e. The molecule has 0 aromatic rings. The summed E-state index contributed by atoms with van der Waals surface area (Å²) in [4.78, 5) is 0. The van der Waals surface area contributed by atoms with Gasteiger partial charge < -0.3 is 4.74 Å². The van der Waals surface area contributed by atoms with E-state index in [4.69, 9.17) is 5.41 Å². The average Bonchev–Trinajstić information content (AvgIpc) is 1.68. The lowest BCUT2D eigenvalue weighted by molar-refractivity contribution is 0.302. The first-order valence-electron chi connectivity index (χ1n) is 2.07. The van der Waals surface area contributed by atoms with Crippen LogP contribution >= 0.6 is 12.4 Å². The highest BCUT2D eigenvalue weighted by molar-refractivity contribution is 5.85. The number of halogens is 2. The summed E-state index contributed by atoms with van der Waals surface area (Å²) in [7, 11) is 0. The Labute approximate surface area is 54.0 Å². The van der Waals surface area contributed by atoms with Crippen LogP contribution in [0.5, 0.6) is 0 Å². The van der Waals surface area contributed by atoms with Crippen molar-refractivity contribution in [3.63, 3.8) is 0 Å². The molecule has 50 valence electrons. The molecule has 0 amide bonds. The Morgan fingerprint density at radius 2 is 2.25 bits per heavy atom. The standard InChI is InChI=1S/C4H8FNO.ClH/c1-2-7-4(6)3-5;/h6H,2-3H2,1H3;1H. The molecule has 0 saturated carbocycles. The van der Waals surface area contributed by atoms with Gasteiger partial charge in [0.2, 0.25) is 5.90 Å². The quantitative estimate of drug-likeness (QED) is 0.458. The van der Waals surface area contributed by atoms with Crippen molar-refractivity contribution in [3.05, 3.63) is 0 Å². The van der Waals surface area contributed by atoms with E-state index < -0.39 is 6.67 Å². The maximum atomic E-state index is 11.2. The molecule has 0 aliphatic rings. The molecule has 0 spiro atoms. The normalized spacial score (nSPS) is 7.25. The van der Waals surface area contributed by atoms with Gasteiger partial charge in [-0.1, -0.05) is 0 Å². The van der Waals surface area contributed by atoms with Gasteiger partial charge in [-0.2, -0.15) is 0 Å². The lowest BCUT2D eigenvalue weighted by Crippen LogP contribution is -2.03. The lowest BCUT2D eigenvalue weighted by Gasteiger charge is -1.95. The van der Waals surface area contributed by atoms with Crippen LogP contribution in [0.25, 0.3) is 0 Å². The molecule has 0 aromatic carbocycles. The molecular weight excluding hydrogens is 133 g/mol. The van der Waals surface area contributed by atoms with Crippen molar-refractivity contribution in [1.29, 1.82) is 5.41 Å². The van der Waals surface area contributed by atoms with Gasteiger partial charge in [-0.05, 0) is 6.92 Å². The van der Waals surface area contributed by atoms with E-state index in [1.54, 1.807) is 6.92 Å².